The summed E-state index contributed by atoms with van der Waals surface area (Å²) in [6.45, 7) is -0.133. The number of nitrogens with zero attached hydrogens (tertiary/aromatic N) is 1. The lowest BCUT2D eigenvalue weighted by molar-refractivity contribution is 0.0996. The summed E-state index contributed by atoms with van der Waals surface area (Å²) in [5, 5.41) is 8.68. The third-order valence-electron chi connectivity index (χ3n) is 2.87. The summed E-state index contributed by atoms with van der Waals surface area (Å²) in [6.07, 6.45) is 0. The zero-order chi connectivity index (χ0) is 15.4. The first-order chi connectivity index (χ1) is 10.0. The predicted octanol–water partition coefficient (Wildman–Crippen LogP) is 1.96. The van der Waals surface area contributed by atoms with E-state index in [0.29, 0.717) is 0 Å². The van der Waals surface area contributed by atoms with Gasteiger partial charge in [0.2, 0.25) is 0 Å². The zero-order valence-electron chi connectivity index (χ0n) is 11.0. The van der Waals surface area contributed by atoms with Crippen LogP contribution in [-0.2, 0) is 6.61 Å². The molecule has 0 heterocycles. The first-order valence-corrected chi connectivity index (χ1v) is 6.02. The lowest BCUT2D eigenvalue weighted by Crippen LogP contribution is -2.14. The number of benzene rings is 2. The summed E-state index contributed by atoms with van der Waals surface area (Å²) in [6, 6.07) is 10.5. The number of para-hydroxylation sites is 1. The van der Waals surface area contributed by atoms with Crippen LogP contribution in [0.2, 0.25) is 0 Å². The van der Waals surface area contributed by atoms with Crippen molar-refractivity contribution < 1.29 is 13.9 Å². The van der Waals surface area contributed by atoms with E-state index in [0.717, 1.165) is 6.07 Å². The second-order valence-electron chi connectivity index (χ2n) is 4.29. The van der Waals surface area contributed by atoms with Gasteiger partial charge >= 0.3 is 0 Å². The lowest BCUT2D eigenvalue weighted by atomic mass is 10.1. The topological polar surface area (TPSA) is 102 Å². The molecule has 2 aromatic carbocycles. The fraction of sp³-hybridized carbons (Fsp3) is 0.0667. The maximum atomic E-state index is 13.7. The van der Waals surface area contributed by atoms with Crippen molar-refractivity contribution in [2.75, 3.05) is 5.73 Å². The molecule has 0 aliphatic heterocycles. The number of nitrogens with two attached hydrogens (primary N) is 2. The normalized spacial score (nSPS) is 9.90. The van der Waals surface area contributed by atoms with Crippen LogP contribution >= 0.6 is 0 Å². The van der Waals surface area contributed by atoms with Crippen LogP contribution in [0, 0.1) is 17.1 Å². The van der Waals surface area contributed by atoms with E-state index in [1.54, 1.807) is 12.1 Å². The molecule has 0 aliphatic rings. The van der Waals surface area contributed by atoms with E-state index in [2.05, 4.69) is 0 Å². The van der Waals surface area contributed by atoms with Crippen LogP contribution in [0.3, 0.4) is 0 Å². The van der Waals surface area contributed by atoms with Crippen LogP contribution in [0.1, 0.15) is 21.5 Å². The molecule has 2 rings (SSSR count). The molecule has 0 radical (unpaired) electrons. The predicted molar refractivity (Wildman–Crippen MR) is 74.8 cm³/mol. The first kappa shape index (κ1) is 14.3. The quantitative estimate of drug-likeness (QED) is 0.838. The number of nitrogen functional groups attached to an aromatic ring is 1. The maximum Gasteiger partial charge on any atom is 0.252 e. The van der Waals surface area contributed by atoms with E-state index >= 15 is 0 Å². The average molecular weight is 285 g/mol. The Hall–Kier alpha value is -3.07. The van der Waals surface area contributed by atoms with Crippen LogP contribution in [-0.4, -0.2) is 5.91 Å². The lowest BCUT2D eigenvalue weighted by Gasteiger charge is -2.12. The van der Waals surface area contributed by atoms with E-state index in [-0.39, 0.29) is 34.7 Å². The molecule has 21 heavy (non-hydrogen) atoms. The number of hydrogen-bond donors (Lipinski definition) is 2. The van der Waals surface area contributed by atoms with Crippen molar-refractivity contribution in [1.29, 1.82) is 5.26 Å². The summed E-state index contributed by atoms with van der Waals surface area (Å²) in [7, 11) is 0. The van der Waals surface area contributed by atoms with Crippen molar-refractivity contribution >= 4 is 11.6 Å². The summed E-state index contributed by atoms with van der Waals surface area (Å²) >= 11 is 0. The number of carbonyl (C=O) groups is 1. The molecule has 0 unspecified atom stereocenters. The molecule has 5 nitrogen and oxygen atoms in total. The molecule has 1 amide bonds. The standard InChI is InChI=1S/C15H12FN3O2/c16-12-6-9(7-17)4-5-10(12)8-21-14-11(15(19)20)2-1-3-13(14)18/h1-6H,8,18H2,(H2,19,20). The highest BCUT2D eigenvalue weighted by Crippen LogP contribution is 2.27. The Morgan fingerprint density at radius 2 is 2.10 bits per heavy atom. The fourth-order valence-electron chi connectivity index (χ4n) is 1.79. The van der Waals surface area contributed by atoms with Gasteiger partial charge < -0.3 is 16.2 Å². The van der Waals surface area contributed by atoms with Crippen LogP contribution in [0.4, 0.5) is 10.1 Å². The minimum Gasteiger partial charge on any atom is -0.486 e. The van der Waals surface area contributed by atoms with Gasteiger partial charge in [-0.1, -0.05) is 12.1 Å². The molecule has 0 fully saturated rings. The highest BCUT2D eigenvalue weighted by atomic mass is 19.1. The Morgan fingerprint density at radius 3 is 2.71 bits per heavy atom. The number of anilines is 1. The van der Waals surface area contributed by atoms with Crippen molar-refractivity contribution in [2.45, 2.75) is 6.61 Å². The first-order valence-electron chi connectivity index (χ1n) is 6.02. The molecule has 6 heteroatoms. The number of ether oxygens (including phenoxy) is 1. The van der Waals surface area contributed by atoms with Gasteiger partial charge in [0.25, 0.3) is 5.91 Å². The average Bonchev–Trinajstić information content (AvgIpc) is 2.46. The number of halogens is 1. The molecule has 0 spiro atoms. The second kappa shape index (κ2) is 5.92. The molecule has 0 saturated heterocycles. The number of rotatable bonds is 4. The van der Waals surface area contributed by atoms with Crippen molar-refractivity contribution in [3.8, 4) is 11.8 Å². The van der Waals surface area contributed by atoms with Crippen molar-refractivity contribution in [2.24, 2.45) is 5.73 Å². The van der Waals surface area contributed by atoms with Gasteiger partial charge in [-0.15, -0.1) is 0 Å². The van der Waals surface area contributed by atoms with Gasteiger partial charge in [-0.25, -0.2) is 4.39 Å². The molecule has 106 valence electrons. The number of carbonyl (C=O) groups excluding carboxylic acids is 1. The highest BCUT2D eigenvalue weighted by molar-refractivity contribution is 5.97. The highest BCUT2D eigenvalue weighted by Gasteiger charge is 2.13. The molecule has 0 aliphatic carbocycles. The largest absolute Gasteiger partial charge is 0.486 e. The SMILES string of the molecule is N#Cc1ccc(COc2c(N)cccc2C(N)=O)c(F)c1. The number of amides is 1. The van der Waals surface area contributed by atoms with Gasteiger partial charge in [0, 0.05) is 5.56 Å². The van der Waals surface area contributed by atoms with Crippen LogP contribution < -0.4 is 16.2 Å². The Kier molecular flexibility index (Phi) is 4.05. The molecular formula is C15H12FN3O2. The van der Waals surface area contributed by atoms with Crippen LogP contribution in [0.5, 0.6) is 5.75 Å². The Balaban J connectivity index is 2.25. The van der Waals surface area contributed by atoms with E-state index in [4.69, 9.17) is 21.5 Å². The van der Waals surface area contributed by atoms with E-state index in [1.807, 2.05) is 6.07 Å². The second-order valence-corrected chi connectivity index (χ2v) is 4.29. The van der Waals surface area contributed by atoms with Crippen molar-refractivity contribution in [3.05, 3.63) is 58.9 Å². The fourth-order valence-corrected chi connectivity index (χ4v) is 1.79. The molecule has 2 aromatic rings. The van der Waals surface area contributed by atoms with Gasteiger partial charge in [-0.3, -0.25) is 4.79 Å². The van der Waals surface area contributed by atoms with Gasteiger partial charge in [0.05, 0.1) is 22.9 Å². The minimum atomic E-state index is -0.683. The third-order valence-corrected chi connectivity index (χ3v) is 2.87. The third kappa shape index (κ3) is 3.09. The summed E-state index contributed by atoms with van der Waals surface area (Å²) in [5.74, 6) is -1.13. The number of nitriles is 1. The Morgan fingerprint density at radius 1 is 1.33 bits per heavy atom. The Bertz CT molecular complexity index is 738. The van der Waals surface area contributed by atoms with E-state index in [1.165, 1.54) is 18.2 Å². The zero-order valence-corrected chi connectivity index (χ0v) is 11.0. The number of hydrogen-bond acceptors (Lipinski definition) is 4. The molecule has 0 saturated carbocycles. The number of primary amides is 1. The molecule has 0 atom stereocenters. The van der Waals surface area contributed by atoms with Crippen molar-refractivity contribution in [1.82, 2.24) is 0 Å². The van der Waals surface area contributed by atoms with Gasteiger partial charge in [-0.2, -0.15) is 5.26 Å². The molecule has 4 N–H and O–H groups in total. The maximum absolute atomic E-state index is 13.7. The van der Waals surface area contributed by atoms with Gasteiger partial charge in [-0.05, 0) is 24.3 Å². The summed E-state index contributed by atoms with van der Waals surface area (Å²) < 4.78 is 19.2. The Labute approximate surface area is 120 Å². The van der Waals surface area contributed by atoms with Crippen LogP contribution in [0.15, 0.2) is 36.4 Å². The van der Waals surface area contributed by atoms with E-state index in [9.17, 15) is 9.18 Å². The van der Waals surface area contributed by atoms with E-state index < -0.39 is 11.7 Å². The smallest absolute Gasteiger partial charge is 0.252 e. The van der Waals surface area contributed by atoms with Gasteiger partial charge in [0.15, 0.2) is 5.75 Å². The molecular weight excluding hydrogens is 273 g/mol. The summed E-state index contributed by atoms with van der Waals surface area (Å²) in [4.78, 5) is 11.3. The monoisotopic (exact) mass is 285 g/mol. The van der Waals surface area contributed by atoms with Crippen molar-refractivity contribution in [3.63, 3.8) is 0 Å². The molecule has 0 bridgehead atoms. The van der Waals surface area contributed by atoms with Crippen LogP contribution in [0.25, 0.3) is 0 Å². The summed E-state index contributed by atoms with van der Waals surface area (Å²) in [5.41, 5.74) is 11.8. The minimum absolute atomic E-state index is 0.119. The van der Waals surface area contributed by atoms with Gasteiger partial charge in [0.1, 0.15) is 12.4 Å². The molecule has 0 aromatic heterocycles.